The smallest absolute Gasteiger partial charge is 0.223 e. The maximum absolute atomic E-state index is 14.8. The second-order valence-corrected chi connectivity index (χ2v) is 10.2. The molecule has 1 fully saturated rings. The van der Waals surface area contributed by atoms with Gasteiger partial charge in [0.25, 0.3) is 0 Å². The molecule has 0 aliphatic carbocycles. The van der Waals surface area contributed by atoms with Crippen LogP contribution in [0.15, 0.2) is 72.8 Å². The SMILES string of the molecule is COCc1cccc(C(NC(=O)C2CCN(CCOc3ccccc3I)CC2)c2ccccc2F)c1. The highest BCUT2D eigenvalue weighted by Crippen LogP contribution is 2.27. The number of halogens is 2. The summed E-state index contributed by atoms with van der Waals surface area (Å²) in [5.41, 5.74) is 2.28. The lowest BCUT2D eigenvalue weighted by molar-refractivity contribution is -0.127. The van der Waals surface area contributed by atoms with E-state index in [1.54, 1.807) is 25.3 Å². The molecular formula is C29H32FIN2O3. The molecule has 7 heteroatoms. The largest absolute Gasteiger partial charge is 0.491 e. The van der Waals surface area contributed by atoms with Gasteiger partial charge in [-0.25, -0.2) is 4.39 Å². The van der Waals surface area contributed by atoms with E-state index in [4.69, 9.17) is 9.47 Å². The molecule has 4 rings (SSSR count). The quantitative estimate of drug-likeness (QED) is 0.309. The monoisotopic (exact) mass is 602 g/mol. The van der Waals surface area contributed by atoms with Crippen LogP contribution in [-0.2, 0) is 16.1 Å². The number of hydrogen-bond donors (Lipinski definition) is 1. The van der Waals surface area contributed by atoms with E-state index < -0.39 is 6.04 Å². The number of para-hydroxylation sites is 1. The highest BCUT2D eigenvalue weighted by molar-refractivity contribution is 14.1. The summed E-state index contributed by atoms with van der Waals surface area (Å²) in [7, 11) is 1.64. The fourth-order valence-corrected chi connectivity index (χ4v) is 5.15. The molecule has 1 atom stereocenters. The van der Waals surface area contributed by atoms with E-state index in [2.05, 4.69) is 32.8 Å². The van der Waals surface area contributed by atoms with Gasteiger partial charge in [-0.2, -0.15) is 0 Å². The maximum Gasteiger partial charge on any atom is 0.223 e. The summed E-state index contributed by atoms with van der Waals surface area (Å²) in [6.07, 6.45) is 1.53. The maximum atomic E-state index is 14.8. The number of methoxy groups -OCH3 is 1. The van der Waals surface area contributed by atoms with Crippen LogP contribution in [0.25, 0.3) is 0 Å². The average Bonchev–Trinajstić information content (AvgIpc) is 2.89. The van der Waals surface area contributed by atoms with Crippen LogP contribution in [0.4, 0.5) is 4.39 Å². The van der Waals surface area contributed by atoms with E-state index in [1.807, 2.05) is 48.5 Å². The number of benzene rings is 3. The first kappa shape index (κ1) is 26.6. The van der Waals surface area contributed by atoms with E-state index in [9.17, 15) is 9.18 Å². The molecule has 0 spiro atoms. The van der Waals surface area contributed by atoms with Crippen LogP contribution in [0.2, 0.25) is 0 Å². The molecule has 1 N–H and O–H groups in total. The number of likely N-dealkylation sites (tertiary alicyclic amines) is 1. The summed E-state index contributed by atoms with van der Waals surface area (Å²) in [5.74, 6) is 0.438. The predicted octanol–water partition coefficient (Wildman–Crippen LogP) is 5.57. The molecule has 1 saturated heterocycles. The lowest BCUT2D eigenvalue weighted by Crippen LogP contribution is -2.43. The van der Waals surface area contributed by atoms with Crippen LogP contribution < -0.4 is 10.1 Å². The first-order chi connectivity index (χ1) is 17.5. The number of hydrogen-bond acceptors (Lipinski definition) is 4. The number of nitrogens with one attached hydrogen (secondary N) is 1. The Morgan fingerprint density at radius 3 is 2.58 bits per heavy atom. The van der Waals surface area contributed by atoms with Crippen molar-refractivity contribution in [3.05, 3.63) is 98.9 Å². The Bertz CT molecular complexity index is 1150. The Balaban J connectivity index is 1.36. The van der Waals surface area contributed by atoms with Crippen LogP contribution in [0, 0.1) is 15.3 Å². The van der Waals surface area contributed by atoms with Gasteiger partial charge in [0, 0.05) is 25.1 Å². The zero-order valence-corrected chi connectivity index (χ0v) is 22.6. The van der Waals surface area contributed by atoms with E-state index in [-0.39, 0.29) is 17.6 Å². The molecule has 1 amide bonds. The molecule has 36 heavy (non-hydrogen) atoms. The Labute approximate surface area is 226 Å². The fraction of sp³-hybridized carbons (Fsp3) is 0.345. The molecule has 3 aromatic carbocycles. The summed E-state index contributed by atoms with van der Waals surface area (Å²) in [6.45, 7) is 3.56. The molecule has 5 nitrogen and oxygen atoms in total. The van der Waals surface area contributed by atoms with Crippen molar-refractivity contribution in [1.29, 1.82) is 0 Å². The van der Waals surface area contributed by atoms with E-state index in [0.29, 0.717) is 18.8 Å². The van der Waals surface area contributed by atoms with Gasteiger partial charge >= 0.3 is 0 Å². The molecule has 0 bridgehead atoms. The van der Waals surface area contributed by atoms with Crippen LogP contribution in [0.5, 0.6) is 5.75 Å². The molecule has 1 heterocycles. The fourth-order valence-electron chi connectivity index (χ4n) is 4.60. The van der Waals surface area contributed by atoms with E-state index in [1.165, 1.54) is 6.07 Å². The first-order valence-electron chi connectivity index (χ1n) is 12.3. The minimum absolute atomic E-state index is 0.0323. The van der Waals surface area contributed by atoms with Gasteiger partial charge in [0.2, 0.25) is 5.91 Å². The Morgan fingerprint density at radius 1 is 1.08 bits per heavy atom. The molecule has 190 valence electrons. The second-order valence-electron chi connectivity index (χ2n) is 9.04. The number of nitrogens with zero attached hydrogens (tertiary/aromatic N) is 1. The zero-order valence-electron chi connectivity index (χ0n) is 20.5. The third-order valence-electron chi connectivity index (χ3n) is 6.56. The average molecular weight is 602 g/mol. The molecule has 1 aliphatic rings. The normalized spacial score (nSPS) is 15.4. The second kappa shape index (κ2) is 13.2. The number of amides is 1. The summed E-state index contributed by atoms with van der Waals surface area (Å²) >= 11 is 2.28. The summed E-state index contributed by atoms with van der Waals surface area (Å²) < 4.78 is 27.1. The summed E-state index contributed by atoms with van der Waals surface area (Å²) in [5, 5.41) is 3.15. The van der Waals surface area contributed by atoms with Gasteiger partial charge < -0.3 is 14.8 Å². The van der Waals surface area contributed by atoms with Gasteiger partial charge in [0.1, 0.15) is 18.2 Å². The van der Waals surface area contributed by atoms with Crippen molar-refractivity contribution in [1.82, 2.24) is 10.2 Å². The van der Waals surface area contributed by atoms with E-state index in [0.717, 1.165) is 52.9 Å². The number of carbonyl (C=O) groups is 1. The third-order valence-corrected chi connectivity index (χ3v) is 7.45. The number of piperidine rings is 1. The van der Waals surface area contributed by atoms with Crippen LogP contribution >= 0.6 is 22.6 Å². The van der Waals surface area contributed by atoms with Gasteiger partial charge in [-0.05, 0) is 77.8 Å². The highest BCUT2D eigenvalue weighted by atomic mass is 127. The van der Waals surface area contributed by atoms with Gasteiger partial charge in [0.15, 0.2) is 0 Å². The molecule has 3 aromatic rings. The highest BCUT2D eigenvalue weighted by Gasteiger charge is 2.28. The molecule has 1 aliphatic heterocycles. The Kier molecular flexibility index (Phi) is 9.72. The summed E-state index contributed by atoms with van der Waals surface area (Å²) in [4.78, 5) is 15.7. The van der Waals surface area contributed by atoms with Crippen LogP contribution in [0.3, 0.4) is 0 Å². The minimum atomic E-state index is -0.560. The number of rotatable bonds is 10. The van der Waals surface area contributed by atoms with Gasteiger partial charge in [-0.15, -0.1) is 0 Å². The lowest BCUT2D eigenvalue weighted by atomic mass is 9.92. The van der Waals surface area contributed by atoms with Crippen molar-refractivity contribution in [3.63, 3.8) is 0 Å². The van der Waals surface area contributed by atoms with Gasteiger partial charge in [-0.1, -0.05) is 54.6 Å². The zero-order chi connectivity index (χ0) is 25.3. The van der Waals surface area contributed by atoms with Crippen molar-refractivity contribution in [2.45, 2.75) is 25.5 Å². The van der Waals surface area contributed by atoms with Crippen molar-refractivity contribution >= 4 is 28.5 Å². The van der Waals surface area contributed by atoms with Gasteiger partial charge in [-0.3, -0.25) is 9.69 Å². The molecule has 0 radical (unpaired) electrons. The standard InChI is InChI=1S/C29H32FIN2O3/c1-35-20-21-7-6-8-23(19-21)28(24-9-2-3-10-25(24)30)32-29(34)22-13-15-33(16-14-22)17-18-36-27-12-5-4-11-26(27)31/h2-12,19,22,28H,13-18,20H2,1H3,(H,32,34). The van der Waals surface area contributed by atoms with Crippen molar-refractivity contribution < 1.29 is 18.7 Å². The molecular weight excluding hydrogens is 570 g/mol. The molecule has 1 unspecified atom stereocenters. The third kappa shape index (κ3) is 7.05. The Morgan fingerprint density at radius 2 is 1.83 bits per heavy atom. The predicted molar refractivity (Wildman–Crippen MR) is 147 cm³/mol. The first-order valence-corrected chi connectivity index (χ1v) is 13.4. The Hall–Kier alpha value is -2.49. The molecule has 0 saturated carbocycles. The number of ether oxygens (including phenoxy) is 2. The van der Waals surface area contributed by atoms with Crippen LogP contribution in [-0.4, -0.2) is 44.2 Å². The van der Waals surface area contributed by atoms with Crippen molar-refractivity contribution in [3.8, 4) is 5.75 Å². The van der Waals surface area contributed by atoms with E-state index >= 15 is 0 Å². The topological polar surface area (TPSA) is 50.8 Å². The van der Waals surface area contributed by atoms with Crippen molar-refractivity contribution in [2.24, 2.45) is 5.92 Å². The number of carbonyl (C=O) groups excluding carboxylic acids is 1. The lowest BCUT2D eigenvalue weighted by Gasteiger charge is -2.32. The van der Waals surface area contributed by atoms with Crippen LogP contribution in [0.1, 0.15) is 35.6 Å². The van der Waals surface area contributed by atoms with Gasteiger partial charge in [0.05, 0.1) is 16.2 Å². The molecule has 0 aromatic heterocycles. The van der Waals surface area contributed by atoms with Crippen molar-refractivity contribution in [2.75, 3.05) is 33.4 Å². The minimum Gasteiger partial charge on any atom is -0.491 e. The summed E-state index contributed by atoms with van der Waals surface area (Å²) in [6, 6.07) is 21.8.